The second-order valence-corrected chi connectivity index (χ2v) is 4.01. The van der Waals surface area contributed by atoms with E-state index in [1.807, 2.05) is 0 Å². The molecule has 0 heterocycles. The van der Waals surface area contributed by atoms with Gasteiger partial charge in [0, 0.05) is 5.88 Å². The molecule has 1 rings (SSSR count). The zero-order valence-corrected chi connectivity index (χ0v) is 9.58. The van der Waals surface area contributed by atoms with E-state index in [0.29, 0.717) is 17.9 Å². The molecule has 0 aromatic heterocycles. The zero-order valence-electron chi connectivity index (χ0n) is 8.83. The Balaban J connectivity index is 2.73. The molecule has 1 unspecified atom stereocenters. The Morgan fingerprint density at radius 1 is 1.44 bits per heavy atom. The monoisotopic (exact) mass is 244 g/mol. The van der Waals surface area contributed by atoms with E-state index in [-0.39, 0.29) is 0 Å². The zero-order chi connectivity index (χ0) is 12.0. The molecule has 0 saturated carbocycles. The van der Waals surface area contributed by atoms with Gasteiger partial charge in [0.2, 0.25) is 0 Å². The van der Waals surface area contributed by atoms with Gasteiger partial charge in [0.1, 0.15) is 5.82 Å². The van der Waals surface area contributed by atoms with E-state index >= 15 is 0 Å². The fraction of sp³-hybridized carbons (Fsp3) is 0.417. The minimum Gasteiger partial charge on any atom is -0.481 e. The molecule has 1 aromatic rings. The predicted molar refractivity (Wildman–Crippen MR) is 61.3 cm³/mol. The summed E-state index contributed by atoms with van der Waals surface area (Å²) in [7, 11) is 0. The normalized spacial score (nSPS) is 12.4. The number of carbonyl (C=O) groups is 1. The Kier molecular flexibility index (Phi) is 5.26. The van der Waals surface area contributed by atoms with Crippen molar-refractivity contribution in [3.63, 3.8) is 0 Å². The van der Waals surface area contributed by atoms with Crippen LogP contribution in [0.25, 0.3) is 0 Å². The van der Waals surface area contributed by atoms with Gasteiger partial charge < -0.3 is 5.11 Å². The Morgan fingerprint density at radius 3 is 2.75 bits per heavy atom. The minimum atomic E-state index is -0.917. The molecule has 0 amide bonds. The molecule has 88 valence electrons. The predicted octanol–water partition coefficient (Wildman–Crippen LogP) is 3.40. The summed E-state index contributed by atoms with van der Waals surface area (Å²) in [4.78, 5) is 11.0. The highest BCUT2D eigenvalue weighted by molar-refractivity contribution is 6.17. The van der Waals surface area contributed by atoms with E-state index < -0.39 is 17.7 Å². The van der Waals surface area contributed by atoms with Crippen molar-refractivity contribution in [2.75, 3.05) is 5.88 Å². The molecule has 0 aliphatic heterocycles. The molecule has 0 saturated heterocycles. The van der Waals surface area contributed by atoms with Crippen molar-refractivity contribution < 1.29 is 14.3 Å². The summed E-state index contributed by atoms with van der Waals surface area (Å²) < 4.78 is 13.0. The third-order valence-corrected chi connectivity index (χ3v) is 2.69. The van der Waals surface area contributed by atoms with E-state index in [0.717, 1.165) is 12.8 Å². The van der Waals surface area contributed by atoms with Gasteiger partial charge in [0.15, 0.2) is 0 Å². The van der Waals surface area contributed by atoms with Crippen molar-refractivity contribution in [3.8, 4) is 0 Å². The second-order valence-electron chi connectivity index (χ2n) is 3.63. The van der Waals surface area contributed by atoms with Crippen molar-refractivity contribution in [2.45, 2.75) is 25.2 Å². The summed E-state index contributed by atoms with van der Waals surface area (Å²) in [6.45, 7) is 0. The van der Waals surface area contributed by atoms with Crippen LogP contribution in [-0.4, -0.2) is 17.0 Å². The lowest BCUT2D eigenvalue weighted by Gasteiger charge is -2.12. The average Bonchev–Trinajstić information content (AvgIpc) is 2.24. The van der Waals surface area contributed by atoms with Gasteiger partial charge >= 0.3 is 5.97 Å². The van der Waals surface area contributed by atoms with Crippen molar-refractivity contribution in [1.29, 1.82) is 0 Å². The van der Waals surface area contributed by atoms with E-state index in [2.05, 4.69) is 0 Å². The van der Waals surface area contributed by atoms with Crippen LogP contribution in [0.3, 0.4) is 0 Å². The Bertz CT molecular complexity index is 355. The van der Waals surface area contributed by atoms with Crippen LogP contribution >= 0.6 is 11.6 Å². The Hall–Kier alpha value is -1.09. The van der Waals surface area contributed by atoms with Gasteiger partial charge in [-0.1, -0.05) is 18.6 Å². The first-order valence-electron chi connectivity index (χ1n) is 5.19. The smallest absolute Gasteiger partial charge is 0.310 e. The molecule has 2 nitrogen and oxygen atoms in total. The molecule has 1 atom stereocenters. The minimum absolute atomic E-state index is 0.402. The molecule has 0 fully saturated rings. The number of hydrogen-bond acceptors (Lipinski definition) is 1. The van der Waals surface area contributed by atoms with Crippen LogP contribution in [0.2, 0.25) is 0 Å². The van der Waals surface area contributed by atoms with Crippen LogP contribution in [0.4, 0.5) is 4.39 Å². The third-order valence-electron chi connectivity index (χ3n) is 2.43. The van der Waals surface area contributed by atoms with Crippen LogP contribution in [0, 0.1) is 5.82 Å². The van der Waals surface area contributed by atoms with Gasteiger partial charge in [-0.3, -0.25) is 4.79 Å². The lowest BCUT2D eigenvalue weighted by atomic mass is 9.94. The lowest BCUT2D eigenvalue weighted by molar-refractivity contribution is -0.139. The summed E-state index contributed by atoms with van der Waals surface area (Å²) in [6.07, 6.45) is 2.00. The first-order chi connectivity index (χ1) is 7.65. The lowest BCUT2D eigenvalue weighted by Crippen LogP contribution is -2.11. The molecule has 1 N–H and O–H groups in total. The maximum absolute atomic E-state index is 13.0. The molecule has 4 heteroatoms. The highest BCUT2D eigenvalue weighted by Crippen LogP contribution is 2.23. The number of unbranched alkanes of at least 4 members (excludes halogenated alkanes) is 1. The van der Waals surface area contributed by atoms with Gasteiger partial charge in [-0.25, -0.2) is 4.39 Å². The number of benzene rings is 1. The number of aliphatic carboxylic acids is 1. The summed E-state index contributed by atoms with van der Waals surface area (Å²) in [5, 5.41) is 9.06. The van der Waals surface area contributed by atoms with Gasteiger partial charge in [-0.15, -0.1) is 11.6 Å². The molecule has 0 spiro atoms. The topological polar surface area (TPSA) is 37.3 Å². The Labute approximate surface area is 99.0 Å². The van der Waals surface area contributed by atoms with Crippen LogP contribution < -0.4 is 0 Å². The fourth-order valence-electron chi connectivity index (χ4n) is 1.60. The van der Waals surface area contributed by atoms with Gasteiger partial charge in [0.05, 0.1) is 5.92 Å². The molecule has 1 aromatic carbocycles. The average molecular weight is 245 g/mol. The first-order valence-corrected chi connectivity index (χ1v) is 5.73. The quantitative estimate of drug-likeness (QED) is 0.615. The molecule has 16 heavy (non-hydrogen) atoms. The highest BCUT2D eigenvalue weighted by Gasteiger charge is 2.19. The van der Waals surface area contributed by atoms with E-state index in [4.69, 9.17) is 16.7 Å². The third kappa shape index (κ3) is 3.81. The number of rotatable bonds is 6. The Morgan fingerprint density at radius 2 is 2.19 bits per heavy atom. The van der Waals surface area contributed by atoms with Crippen LogP contribution in [0.1, 0.15) is 30.7 Å². The van der Waals surface area contributed by atoms with E-state index in [1.54, 1.807) is 6.07 Å². The standard InChI is InChI=1S/C12H14ClFO2/c13-7-2-1-6-11(12(15)16)9-4-3-5-10(14)8-9/h3-5,8,11H,1-2,6-7H2,(H,15,16). The number of hydrogen-bond donors (Lipinski definition) is 1. The molecule has 0 radical (unpaired) electrons. The molecule has 0 bridgehead atoms. The molecule has 0 aliphatic carbocycles. The number of halogens is 2. The van der Waals surface area contributed by atoms with E-state index in [1.165, 1.54) is 18.2 Å². The van der Waals surface area contributed by atoms with E-state index in [9.17, 15) is 9.18 Å². The van der Waals surface area contributed by atoms with Crippen LogP contribution in [0.5, 0.6) is 0 Å². The van der Waals surface area contributed by atoms with Crippen molar-refractivity contribution >= 4 is 17.6 Å². The maximum atomic E-state index is 13.0. The number of carboxylic acid groups (broad SMARTS) is 1. The molecular formula is C12H14ClFO2. The largest absolute Gasteiger partial charge is 0.481 e. The maximum Gasteiger partial charge on any atom is 0.310 e. The summed E-state index contributed by atoms with van der Waals surface area (Å²) >= 11 is 5.53. The summed E-state index contributed by atoms with van der Waals surface area (Å²) in [5.74, 6) is -1.43. The van der Waals surface area contributed by atoms with Crippen molar-refractivity contribution in [1.82, 2.24) is 0 Å². The number of alkyl halides is 1. The molecular weight excluding hydrogens is 231 g/mol. The van der Waals surface area contributed by atoms with Gasteiger partial charge in [-0.05, 0) is 30.5 Å². The second kappa shape index (κ2) is 6.48. The molecule has 0 aliphatic rings. The van der Waals surface area contributed by atoms with Crippen LogP contribution in [0.15, 0.2) is 24.3 Å². The van der Waals surface area contributed by atoms with Gasteiger partial charge in [-0.2, -0.15) is 0 Å². The summed E-state index contributed by atoms with van der Waals surface area (Å²) in [6, 6.07) is 5.76. The first kappa shape index (κ1) is 13.0. The highest BCUT2D eigenvalue weighted by atomic mass is 35.5. The number of carboxylic acids is 1. The van der Waals surface area contributed by atoms with Crippen molar-refractivity contribution in [3.05, 3.63) is 35.6 Å². The van der Waals surface area contributed by atoms with Crippen molar-refractivity contribution in [2.24, 2.45) is 0 Å². The SMILES string of the molecule is O=C(O)C(CCCCCl)c1cccc(F)c1. The van der Waals surface area contributed by atoms with Gasteiger partial charge in [0.25, 0.3) is 0 Å². The fourth-order valence-corrected chi connectivity index (χ4v) is 1.79. The summed E-state index contributed by atoms with van der Waals surface area (Å²) in [5.41, 5.74) is 0.516. The van der Waals surface area contributed by atoms with Crippen LogP contribution in [-0.2, 0) is 4.79 Å².